The molecular weight excluding hydrogens is 230 g/mol. The smallest absolute Gasteiger partial charge is 0.166 e. The first-order valence-electron chi connectivity index (χ1n) is 4.44. The molecule has 15 heavy (non-hydrogen) atoms. The molecule has 2 aromatic heterocycles. The molecule has 3 rings (SSSR count). The number of carbonyl (C=O) groups is 1. The third-order valence-corrected chi connectivity index (χ3v) is 3.70. The maximum Gasteiger partial charge on any atom is 0.166 e. The SMILES string of the molecule is O=Cc1cc2sc3cc(Cl)ccc3c2[nH]1. The Morgan fingerprint density at radius 3 is 2.93 bits per heavy atom. The van der Waals surface area contributed by atoms with Crippen molar-refractivity contribution in [2.45, 2.75) is 0 Å². The van der Waals surface area contributed by atoms with E-state index in [4.69, 9.17) is 11.6 Å². The molecule has 0 unspecified atom stereocenters. The van der Waals surface area contributed by atoms with Gasteiger partial charge in [0.2, 0.25) is 0 Å². The lowest BCUT2D eigenvalue weighted by molar-refractivity contribution is 0.112. The number of hydrogen-bond donors (Lipinski definition) is 1. The molecule has 0 saturated carbocycles. The zero-order chi connectivity index (χ0) is 10.4. The summed E-state index contributed by atoms with van der Waals surface area (Å²) in [6, 6.07) is 7.63. The molecule has 0 aliphatic carbocycles. The van der Waals surface area contributed by atoms with E-state index in [0.717, 1.165) is 31.6 Å². The van der Waals surface area contributed by atoms with Crippen molar-refractivity contribution in [3.8, 4) is 0 Å². The Morgan fingerprint density at radius 1 is 1.27 bits per heavy atom. The quantitative estimate of drug-likeness (QED) is 0.639. The van der Waals surface area contributed by atoms with E-state index in [1.54, 1.807) is 11.3 Å². The van der Waals surface area contributed by atoms with Crippen LogP contribution < -0.4 is 0 Å². The fourth-order valence-electron chi connectivity index (χ4n) is 1.71. The zero-order valence-electron chi connectivity index (χ0n) is 7.58. The van der Waals surface area contributed by atoms with E-state index in [1.165, 1.54) is 0 Å². The van der Waals surface area contributed by atoms with Gasteiger partial charge < -0.3 is 4.98 Å². The number of aromatic amines is 1. The maximum atomic E-state index is 10.6. The summed E-state index contributed by atoms with van der Waals surface area (Å²) >= 11 is 7.55. The van der Waals surface area contributed by atoms with Gasteiger partial charge in [0, 0.05) is 15.1 Å². The van der Waals surface area contributed by atoms with Crippen molar-refractivity contribution < 1.29 is 4.79 Å². The molecule has 2 nitrogen and oxygen atoms in total. The second-order valence-corrected chi connectivity index (χ2v) is 4.84. The van der Waals surface area contributed by atoms with E-state index in [2.05, 4.69) is 4.98 Å². The molecule has 0 spiro atoms. The van der Waals surface area contributed by atoms with Crippen LogP contribution >= 0.6 is 22.9 Å². The molecular formula is C11H6ClNOS. The van der Waals surface area contributed by atoms with Gasteiger partial charge in [-0.05, 0) is 24.3 Å². The van der Waals surface area contributed by atoms with Gasteiger partial charge >= 0.3 is 0 Å². The molecule has 1 aromatic carbocycles. The lowest BCUT2D eigenvalue weighted by Crippen LogP contribution is -1.75. The third-order valence-electron chi connectivity index (χ3n) is 2.36. The predicted molar refractivity (Wildman–Crippen MR) is 64.1 cm³/mol. The Morgan fingerprint density at radius 2 is 2.13 bits per heavy atom. The van der Waals surface area contributed by atoms with E-state index >= 15 is 0 Å². The van der Waals surface area contributed by atoms with Gasteiger partial charge in [-0.3, -0.25) is 4.79 Å². The van der Waals surface area contributed by atoms with Crippen LogP contribution in [0.15, 0.2) is 24.3 Å². The van der Waals surface area contributed by atoms with Gasteiger partial charge in [0.15, 0.2) is 6.29 Å². The summed E-state index contributed by atoms with van der Waals surface area (Å²) in [6.07, 6.45) is 0.828. The topological polar surface area (TPSA) is 32.9 Å². The lowest BCUT2D eigenvalue weighted by atomic mass is 10.2. The molecule has 0 fully saturated rings. The second kappa shape index (κ2) is 3.08. The van der Waals surface area contributed by atoms with Crippen LogP contribution in [0.1, 0.15) is 10.5 Å². The Balaban J connectivity index is 2.45. The zero-order valence-corrected chi connectivity index (χ0v) is 9.15. The van der Waals surface area contributed by atoms with E-state index < -0.39 is 0 Å². The highest BCUT2D eigenvalue weighted by atomic mass is 35.5. The van der Waals surface area contributed by atoms with Crippen molar-refractivity contribution >= 4 is 49.5 Å². The third kappa shape index (κ3) is 1.28. The predicted octanol–water partition coefficient (Wildman–Crippen LogP) is 3.85. The Hall–Kier alpha value is -1.32. The van der Waals surface area contributed by atoms with Crippen LogP contribution in [-0.4, -0.2) is 11.3 Å². The summed E-state index contributed by atoms with van der Waals surface area (Å²) in [5.74, 6) is 0. The fourth-order valence-corrected chi connectivity index (χ4v) is 3.09. The Labute approximate surface area is 94.5 Å². The first kappa shape index (κ1) is 8.95. The summed E-state index contributed by atoms with van der Waals surface area (Å²) in [5, 5.41) is 1.86. The van der Waals surface area contributed by atoms with Crippen LogP contribution in [0.25, 0.3) is 20.3 Å². The number of carbonyl (C=O) groups excluding carboxylic acids is 1. The number of rotatable bonds is 1. The number of hydrogen-bond acceptors (Lipinski definition) is 2. The number of H-pyrrole nitrogens is 1. The van der Waals surface area contributed by atoms with Crippen molar-refractivity contribution in [3.63, 3.8) is 0 Å². The van der Waals surface area contributed by atoms with E-state index in [0.29, 0.717) is 5.69 Å². The molecule has 0 aliphatic rings. The van der Waals surface area contributed by atoms with Gasteiger partial charge in [0.25, 0.3) is 0 Å². The van der Waals surface area contributed by atoms with Crippen molar-refractivity contribution in [3.05, 3.63) is 35.0 Å². The molecule has 3 aromatic rings. The Kier molecular flexibility index (Phi) is 1.84. The minimum Gasteiger partial charge on any atom is -0.351 e. The molecule has 0 bridgehead atoms. The van der Waals surface area contributed by atoms with Crippen LogP contribution in [0.2, 0.25) is 5.02 Å². The highest BCUT2D eigenvalue weighted by Crippen LogP contribution is 2.35. The number of benzene rings is 1. The standard InChI is InChI=1S/C11H6ClNOS/c12-6-1-2-8-9(3-6)15-10-4-7(5-14)13-11(8)10/h1-5,13H. The molecule has 1 N–H and O–H groups in total. The second-order valence-electron chi connectivity index (χ2n) is 3.32. The minimum absolute atomic E-state index is 0.619. The number of aromatic nitrogens is 1. The van der Waals surface area contributed by atoms with Crippen molar-refractivity contribution in [2.24, 2.45) is 0 Å². The van der Waals surface area contributed by atoms with Gasteiger partial charge in [-0.2, -0.15) is 0 Å². The van der Waals surface area contributed by atoms with Crippen LogP contribution in [0, 0.1) is 0 Å². The summed E-state index contributed by atoms with van der Waals surface area (Å²) in [7, 11) is 0. The van der Waals surface area contributed by atoms with Gasteiger partial charge in [0.1, 0.15) is 0 Å². The Bertz CT molecular complexity index is 668. The number of thiophene rings is 1. The van der Waals surface area contributed by atoms with Crippen LogP contribution in [0.3, 0.4) is 0 Å². The summed E-state index contributed by atoms with van der Waals surface area (Å²) in [4.78, 5) is 13.7. The van der Waals surface area contributed by atoms with Gasteiger partial charge in [-0.1, -0.05) is 11.6 Å². The van der Waals surface area contributed by atoms with Gasteiger partial charge in [-0.15, -0.1) is 11.3 Å². The number of fused-ring (bicyclic) bond motifs is 3. The number of halogens is 1. The highest BCUT2D eigenvalue weighted by molar-refractivity contribution is 7.25. The summed E-state index contributed by atoms with van der Waals surface area (Å²) in [5.41, 5.74) is 1.64. The molecule has 74 valence electrons. The minimum atomic E-state index is 0.619. The first-order chi connectivity index (χ1) is 7.28. The number of aldehydes is 1. The maximum absolute atomic E-state index is 10.6. The normalized spacial score (nSPS) is 11.3. The molecule has 0 atom stereocenters. The summed E-state index contributed by atoms with van der Waals surface area (Å²) < 4.78 is 2.23. The van der Waals surface area contributed by atoms with Crippen molar-refractivity contribution in [2.75, 3.05) is 0 Å². The van der Waals surface area contributed by atoms with Crippen LogP contribution in [0.4, 0.5) is 0 Å². The average molecular weight is 236 g/mol. The molecule has 0 amide bonds. The molecule has 0 saturated heterocycles. The van der Waals surface area contributed by atoms with Gasteiger partial charge in [0.05, 0.1) is 15.9 Å². The molecule has 0 aliphatic heterocycles. The fraction of sp³-hybridized carbons (Fsp3) is 0. The lowest BCUT2D eigenvalue weighted by Gasteiger charge is -1.90. The average Bonchev–Trinajstić information content (AvgIpc) is 2.73. The van der Waals surface area contributed by atoms with E-state index in [1.807, 2.05) is 24.3 Å². The number of nitrogens with one attached hydrogen (secondary N) is 1. The molecule has 4 heteroatoms. The summed E-state index contributed by atoms with van der Waals surface area (Å²) in [6.45, 7) is 0. The van der Waals surface area contributed by atoms with Gasteiger partial charge in [-0.25, -0.2) is 0 Å². The van der Waals surface area contributed by atoms with Crippen LogP contribution in [-0.2, 0) is 0 Å². The molecule has 0 radical (unpaired) electrons. The molecule has 2 heterocycles. The highest BCUT2D eigenvalue weighted by Gasteiger charge is 2.08. The largest absolute Gasteiger partial charge is 0.351 e. The van der Waals surface area contributed by atoms with Crippen molar-refractivity contribution in [1.82, 2.24) is 4.98 Å². The monoisotopic (exact) mass is 235 g/mol. The van der Waals surface area contributed by atoms with E-state index in [9.17, 15) is 4.79 Å². The van der Waals surface area contributed by atoms with Crippen molar-refractivity contribution in [1.29, 1.82) is 0 Å². The van der Waals surface area contributed by atoms with E-state index in [-0.39, 0.29) is 0 Å². The first-order valence-corrected chi connectivity index (χ1v) is 5.63. The van der Waals surface area contributed by atoms with Crippen LogP contribution in [0.5, 0.6) is 0 Å².